The highest BCUT2D eigenvalue weighted by Gasteiger charge is 2.52. The molecule has 1 N–H and O–H groups in total. The summed E-state index contributed by atoms with van der Waals surface area (Å²) in [6.07, 6.45) is -1.29. The molecule has 10 heteroatoms. The number of hydrogen-bond donors (Lipinski definition) is 1. The fourth-order valence-corrected chi connectivity index (χ4v) is 4.70. The fraction of sp³-hybridized carbons (Fsp3) is 0.538. The number of amides is 1. The van der Waals surface area contributed by atoms with Gasteiger partial charge in [0.05, 0.1) is 34.8 Å². The van der Waals surface area contributed by atoms with Crippen LogP contribution in [0.2, 0.25) is 0 Å². The Morgan fingerprint density at radius 1 is 1.14 bits per heavy atom. The van der Waals surface area contributed by atoms with Gasteiger partial charge in [-0.15, -0.1) is 0 Å². The Balaban J connectivity index is 1.49. The third kappa shape index (κ3) is 4.34. The van der Waals surface area contributed by atoms with Crippen molar-refractivity contribution in [1.29, 1.82) is 0 Å². The van der Waals surface area contributed by atoms with Crippen molar-refractivity contribution in [2.24, 2.45) is 0 Å². The number of nitrogens with zero attached hydrogens (tertiary/aromatic N) is 2. The van der Waals surface area contributed by atoms with Gasteiger partial charge in [-0.05, 0) is 65.4 Å². The van der Waals surface area contributed by atoms with E-state index in [1.807, 2.05) is 58.0 Å². The van der Waals surface area contributed by atoms with E-state index in [2.05, 4.69) is 9.97 Å². The molecular weight excluding hydrogens is 467 g/mol. The molecule has 7 nitrogen and oxygen atoms in total. The molecule has 1 amide bonds. The third-order valence-corrected chi connectivity index (χ3v) is 7.25. The number of aromatic nitrogens is 2. The van der Waals surface area contributed by atoms with Crippen LogP contribution in [0.5, 0.6) is 0 Å². The Labute approximate surface area is 209 Å². The molecular formula is C26H32BF2N3O4. The van der Waals surface area contributed by atoms with Crippen LogP contribution in [0, 0.1) is 0 Å². The van der Waals surface area contributed by atoms with Gasteiger partial charge in [0.2, 0.25) is 0 Å². The van der Waals surface area contributed by atoms with Crippen LogP contribution in [0.15, 0.2) is 30.3 Å². The first-order chi connectivity index (χ1) is 16.6. The minimum Gasteiger partial charge on any atom is -0.444 e. The smallest absolute Gasteiger partial charge is 0.444 e. The first kappa shape index (κ1) is 25.0. The van der Waals surface area contributed by atoms with Gasteiger partial charge in [-0.1, -0.05) is 24.3 Å². The SMILES string of the molecule is CC(C)(C)OC(=O)N1CC(F)(F)CC1c1nc2ccc3cc(B4OC(C)(C)C(C)(C)O4)ccc3c2[nH]1. The van der Waals surface area contributed by atoms with Crippen molar-refractivity contribution in [3.8, 4) is 0 Å². The van der Waals surface area contributed by atoms with Crippen molar-refractivity contribution >= 4 is 40.5 Å². The van der Waals surface area contributed by atoms with Crippen LogP contribution < -0.4 is 5.46 Å². The normalized spacial score (nSPS) is 23.1. The lowest BCUT2D eigenvalue weighted by atomic mass is 9.78. The van der Waals surface area contributed by atoms with Crippen LogP contribution in [0.4, 0.5) is 13.6 Å². The van der Waals surface area contributed by atoms with Gasteiger partial charge < -0.3 is 19.0 Å². The molecule has 0 spiro atoms. The Morgan fingerprint density at radius 2 is 1.81 bits per heavy atom. The average Bonchev–Trinajstić information content (AvgIpc) is 3.37. The van der Waals surface area contributed by atoms with Crippen molar-refractivity contribution in [1.82, 2.24) is 14.9 Å². The topological polar surface area (TPSA) is 76.7 Å². The molecule has 5 rings (SSSR count). The van der Waals surface area contributed by atoms with Gasteiger partial charge in [0.25, 0.3) is 5.92 Å². The summed E-state index contributed by atoms with van der Waals surface area (Å²) in [5, 5.41) is 1.82. The van der Waals surface area contributed by atoms with Gasteiger partial charge in [-0.25, -0.2) is 18.6 Å². The summed E-state index contributed by atoms with van der Waals surface area (Å²) in [6.45, 7) is 12.5. The Bertz CT molecular complexity index is 1330. The lowest BCUT2D eigenvalue weighted by Gasteiger charge is -2.32. The number of fused-ring (bicyclic) bond motifs is 3. The lowest BCUT2D eigenvalue weighted by molar-refractivity contribution is -0.00248. The summed E-state index contributed by atoms with van der Waals surface area (Å²) in [5.74, 6) is -2.71. The van der Waals surface area contributed by atoms with Crippen LogP contribution in [-0.2, 0) is 14.0 Å². The molecule has 3 heterocycles. The van der Waals surface area contributed by atoms with Crippen LogP contribution in [-0.4, -0.2) is 57.3 Å². The molecule has 3 aromatic rings. The van der Waals surface area contributed by atoms with Gasteiger partial charge in [0.15, 0.2) is 0 Å². The first-order valence-electron chi connectivity index (χ1n) is 12.2. The molecule has 0 radical (unpaired) electrons. The molecule has 2 saturated heterocycles. The molecule has 0 bridgehead atoms. The highest BCUT2D eigenvalue weighted by Crippen LogP contribution is 2.42. The number of benzene rings is 2. The number of nitrogens with one attached hydrogen (secondary N) is 1. The number of ether oxygens (including phenoxy) is 1. The van der Waals surface area contributed by atoms with E-state index in [0.717, 1.165) is 26.7 Å². The maximum Gasteiger partial charge on any atom is 0.494 e. The van der Waals surface area contributed by atoms with Crippen LogP contribution in [0.1, 0.15) is 66.8 Å². The summed E-state index contributed by atoms with van der Waals surface area (Å²) >= 11 is 0. The maximum absolute atomic E-state index is 14.4. The fourth-order valence-electron chi connectivity index (χ4n) is 4.70. The van der Waals surface area contributed by atoms with E-state index >= 15 is 0 Å². The number of likely N-dealkylation sites (tertiary alicyclic amines) is 1. The van der Waals surface area contributed by atoms with Crippen molar-refractivity contribution < 1.29 is 27.6 Å². The van der Waals surface area contributed by atoms with E-state index in [0.29, 0.717) is 11.3 Å². The predicted octanol–water partition coefficient (Wildman–Crippen LogP) is 5.33. The van der Waals surface area contributed by atoms with E-state index in [1.54, 1.807) is 20.8 Å². The highest BCUT2D eigenvalue weighted by atomic mass is 19.3. The number of carbonyl (C=O) groups excluding carboxylic acids is 1. The minimum atomic E-state index is -3.03. The maximum atomic E-state index is 14.4. The van der Waals surface area contributed by atoms with E-state index in [4.69, 9.17) is 14.0 Å². The summed E-state index contributed by atoms with van der Waals surface area (Å²) in [6, 6.07) is 8.77. The number of rotatable bonds is 2. The molecule has 0 aliphatic carbocycles. The van der Waals surface area contributed by atoms with Crippen LogP contribution >= 0.6 is 0 Å². The van der Waals surface area contributed by atoms with E-state index in [-0.39, 0.29) is 0 Å². The Kier molecular flexibility index (Phi) is 5.47. The monoisotopic (exact) mass is 499 g/mol. The van der Waals surface area contributed by atoms with Gasteiger partial charge in [0, 0.05) is 11.8 Å². The molecule has 2 aromatic carbocycles. The second kappa shape index (κ2) is 7.89. The zero-order chi connectivity index (χ0) is 26.3. The second-order valence-electron chi connectivity index (χ2n) is 11.8. The van der Waals surface area contributed by atoms with Crippen molar-refractivity contribution in [2.75, 3.05) is 6.54 Å². The first-order valence-corrected chi connectivity index (χ1v) is 12.2. The molecule has 2 fully saturated rings. The highest BCUT2D eigenvalue weighted by molar-refractivity contribution is 6.62. The Hall–Kier alpha value is -2.72. The second-order valence-corrected chi connectivity index (χ2v) is 11.8. The zero-order valence-corrected chi connectivity index (χ0v) is 21.7. The summed E-state index contributed by atoms with van der Waals surface area (Å²) in [5.41, 5.74) is 0.573. The number of hydrogen-bond acceptors (Lipinski definition) is 5. The van der Waals surface area contributed by atoms with Crippen LogP contribution in [0.25, 0.3) is 21.8 Å². The van der Waals surface area contributed by atoms with Gasteiger partial charge in [0.1, 0.15) is 11.4 Å². The van der Waals surface area contributed by atoms with E-state index in [1.165, 1.54) is 0 Å². The molecule has 192 valence electrons. The number of alkyl halides is 2. The van der Waals surface area contributed by atoms with Crippen molar-refractivity contribution in [3.63, 3.8) is 0 Å². The molecule has 2 aliphatic rings. The van der Waals surface area contributed by atoms with Crippen molar-refractivity contribution in [3.05, 3.63) is 36.2 Å². The molecule has 2 aliphatic heterocycles. The molecule has 1 atom stereocenters. The minimum absolute atomic E-state index is 0.315. The average molecular weight is 499 g/mol. The van der Waals surface area contributed by atoms with E-state index < -0.39 is 54.9 Å². The molecule has 0 saturated carbocycles. The van der Waals surface area contributed by atoms with E-state index in [9.17, 15) is 13.6 Å². The van der Waals surface area contributed by atoms with Gasteiger partial charge in [-0.3, -0.25) is 4.90 Å². The number of imidazole rings is 1. The van der Waals surface area contributed by atoms with Gasteiger partial charge in [-0.2, -0.15) is 0 Å². The van der Waals surface area contributed by atoms with Gasteiger partial charge >= 0.3 is 13.2 Å². The Morgan fingerprint density at radius 3 is 2.44 bits per heavy atom. The summed E-state index contributed by atoms with van der Waals surface area (Å²) < 4.78 is 46.6. The quantitative estimate of drug-likeness (QED) is 0.483. The summed E-state index contributed by atoms with van der Waals surface area (Å²) in [7, 11) is -0.490. The molecule has 36 heavy (non-hydrogen) atoms. The van der Waals surface area contributed by atoms with Crippen LogP contribution in [0.3, 0.4) is 0 Å². The molecule has 1 aromatic heterocycles. The third-order valence-electron chi connectivity index (χ3n) is 7.25. The summed E-state index contributed by atoms with van der Waals surface area (Å²) in [4.78, 5) is 21.6. The lowest BCUT2D eigenvalue weighted by Crippen LogP contribution is -2.41. The standard InChI is InChI=1S/C26H32BF2N3O4/c1-23(2,3)34-22(33)32-14-26(28,29)13-19(32)21-30-18-11-8-15-12-16(9-10-17(15)20(18)31-21)27-35-24(4,5)25(6,7)36-27/h8-12,19H,13-14H2,1-7H3,(H,30,31). The predicted molar refractivity (Wildman–Crippen MR) is 135 cm³/mol. The largest absolute Gasteiger partial charge is 0.494 e. The number of aromatic amines is 1. The van der Waals surface area contributed by atoms with Crippen molar-refractivity contribution in [2.45, 2.75) is 83.7 Å². The molecule has 1 unspecified atom stereocenters. The number of H-pyrrole nitrogens is 1. The number of halogens is 2. The number of carbonyl (C=O) groups is 1. The zero-order valence-electron chi connectivity index (χ0n) is 21.7.